The fourth-order valence-electron chi connectivity index (χ4n) is 1.52. The molecule has 0 fully saturated rings. The lowest BCUT2D eigenvalue weighted by molar-refractivity contribution is 0.812. The van der Waals surface area contributed by atoms with E-state index in [-0.39, 0.29) is 0 Å². The Kier molecular flexibility index (Phi) is 4.63. The summed E-state index contributed by atoms with van der Waals surface area (Å²) in [6.45, 7) is 4.47. The Morgan fingerprint density at radius 1 is 1.26 bits per heavy atom. The third-order valence-corrected chi connectivity index (χ3v) is 2.51. The van der Waals surface area contributed by atoms with Crippen LogP contribution < -0.4 is 5.73 Å². The lowest BCUT2D eigenvalue weighted by Gasteiger charge is -2.03. The molecule has 0 aliphatic carbocycles. The minimum atomic E-state index is 0.414. The Bertz CT molecular complexity index is 527. The van der Waals surface area contributed by atoms with Crippen molar-refractivity contribution in [1.29, 1.82) is 0 Å². The molecule has 0 bridgehead atoms. The molecule has 0 saturated heterocycles. The van der Waals surface area contributed by atoms with Crippen LogP contribution in [0.2, 0.25) is 0 Å². The molecule has 6 nitrogen and oxygen atoms in total. The molecule has 98 valence electrons. The molecule has 1 aliphatic heterocycles. The summed E-state index contributed by atoms with van der Waals surface area (Å²) in [5.41, 5.74) is 6.79. The van der Waals surface area contributed by atoms with Gasteiger partial charge in [0.15, 0.2) is 0 Å². The molecule has 1 aromatic rings. The third-order valence-electron chi connectivity index (χ3n) is 2.51. The molecule has 1 aliphatic rings. The number of rotatable bonds is 5. The Morgan fingerprint density at radius 3 is 2.68 bits per heavy atom. The highest BCUT2D eigenvalue weighted by atomic mass is 15.3. The number of allylic oxidation sites excluding steroid dienone is 3. The molecular formula is C13H16N6. The molecular weight excluding hydrogens is 240 g/mol. The van der Waals surface area contributed by atoms with E-state index in [2.05, 4.69) is 32.0 Å². The fourth-order valence-corrected chi connectivity index (χ4v) is 1.52. The molecule has 0 radical (unpaired) electrons. The largest absolute Gasteiger partial charge is 0.330 e. The van der Waals surface area contributed by atoms with Gasteiger partial charge in [0.25, 0.3) is 0 Å². The number of aliphatic imine (C=N–C) groups is 1. The standard InChI is InChI=1S/C13H16N6/c1-10(6-2-4-8-14)12-16-18-13(19-17-12)11-7-3-5-9-15-11/h2,6-7,9H,1,3-5,8,14H2/b6-2-. The monoisotopic (exact) mass is 256 g/mol. The molecule has 0 unspecified atom stereocenters. The first-order valence-electron chi connectivity index (χ1n) is 6.17. The summed E-state index contributed by atoms with van der Waals surface area (Å²) in [4.78, 5) is 4.22. The zero-order chi connectivity index (χ0) is 13.5. The van der Waals surface area contributed by atoms with Gasteiger partial charge in [-0.05, 0) is 25.8 Å². The minimum Gasteiger partial charge on any atom is -0.330 e. The maximum Gasteiger partial charge on any atom is 0.221 e. The van der Waals surface area contributed by atoms with Crippen molar-refractivity contribution in [3.8, 4) is 0 Å². The normalized spacial score (nSPS) is 14.7. The molecule has 0 amide bonds. The van der Waals surface area contributed by atoms with Crippen molar-refractivity contribution < 1.29 is 0 Å². The molecule has 2 heterocycles. The zero-order valence-electron chi connectivity index (χ0n) is 10.7. The minimum absolute atomic E-state index is 0.414. The van der Waals surface area contributed by atoms with Crippen LogP contribution in [0, 0.1) is 0 Å². The summed E-state index contributed by atoms with van der Waals surface area (Å²) >= 11 is 0. The number of nitrogens with two attached hydrogens (primary N) is 1. The van der Waals surface area contributed by atoms with E-state index in [1.807, 2.05) is 24.4 Å². The molecule has 0 spiro atoms. The number of hydrogen-bond donors (Lipinski definition) is 1. The topological polar surface area (TPSA) is 89.9 Å². The van der Waals surface area contributed by atoms with Crippen LogP contribution >= 0.6 is 0 Å². The van der Waals surface area contributed by atoms with Gasteiger partial charge in [-0.2, -0.15) is 0 Å². The van der Waals surface area contributed by atoms with Gasteiger partial charge in [-0.3, -0.25) is 4.99 Å². The van der Waals surface area contributed by atoms with Crippen molar-refractivity contribution in [2.75, 3.05) is 6.54 Å². The molecule has 0 atom stereocenters. The molecule has 1 aromatic heterocycles. The number of nitrogens with zero attached hydrogens (tertiary/aromatic N) is 5. The van der Waals surface area contributed by atoms with Gasteiger partial charge in [0.2, 0.25) is 11.6 Å². The molecule has 19 heavy (non-hydrogen) atoms. The number of aromatic nitrogens is 4. The van der Waals surface area contributed by atoms with Crippen LogP contribution in [-0.4, -0.2) is 33.2 Å². The van der Waals surface area contributed by atoms with Gasteiger partial charge in [0.05, 0.1) is 0 Å². The van der Waals surface area contributed by atoms with E-state index in [0.717, 1.165) is 25.0 Å². The Morgan fingerprint density at radius 2 is 2.05 bits per heavy atom. The predicted molar refractivity (Wildman–Crippen MR) is 75.2 cm³/mol. The highest BCUT2D eigenvalue weighted by Gasteiger charge is 2.08. The van der Waals surface area contributed by atoms with Crippen molar-refractivity contribution in [1.82, 2.24) is 20.4 Å². The van der Waals surface area contributed by atoms with Crippen LogP contribution in [-0.2, 0) is 0 Å². The van der Waals surface area contributed by atoms with Crippen molar-refractivity contribution in [3.05, 3.63) is 36.5 Å². The Hall–Kier alpha value is -2.21. The lowest BCUT2D eigenvalue weighted by atomic mass is 10.2. The van der Waals surface area contributed by atoms with E-state index in [4.69, 9.17) is 5.73 Å². The molecule has 0 aromatic carbocycles. The average Bonchev–Trinajstić information content (AvgIpc) is 2.48. The van der Waals surface area contributed by atoms with E-state index >= 15 is 0 Å². The fraction of sp³-hybridized carbons (Fsp3) is 0.308. The first kappa shape index (κ1) is 13.2. The summed E-state index contributed by atoms with van der Waals surface area (Å²) in [6.07, 6.45) is 10.3. The highest BCUT2D eigenvalue weighted by Crippen LogP contribution is 2.15. The Labute approximate surface area is 111 Å². The Balaban J connectivity index is 2.08. The van der Waals surface area contributed by atoms with Crippen molar-refractivity contribution >= 4 is 17.5 Å². The van der Waals surface area contributed by atoms with Crippen molar-refractivity contribution in [3.63, 3.8) is 0 Å². The van der Waals surface area contributed by atoms with Crippen LogP contribution in [0.25, 0.3) is 11.3 Å². The molecule has 6 heteroatoms. The van der Waals surface area contributed by atoms with E-state index in [1.54, 1.807) is 0 Å². The van der Waals surface area contributed by atoms with Gasteiger partial charge in [-0.1, -0.05) is 24.8 Å². The van der Waals surface area contributed by atoms with E-state index in [1.165, 1.54) is 0 Å². The maximum atomic E-state index is 5.40. The highest BCUT2D eigenvalue weighted by molar-refractivity contribution is 5.73. The summed E-state index contributed by atoms with van der Waals surface area (Å²) < 4.78 is 0. The quantitative estimate of drug-likeness (QED) is 0.804. The second-order valence-electron chi connectivity index (χ2n) is 4.03. The van der Waals surface area contributed by atoms with Crippen LogP contribution in [0.5, 0.6) is 0 Å². The summed E-state index contributed by atoms with van der Waals surface area (Å²) in [7, 11) is 0. The predicted octanol–water partition coefficient (Wildman–Crippen LogP) is 1.39. The molecule has 0 saturated carbocycles. The van der Waals surface area contributed by atoms with Gasteiger partial charge < -0.3 is 5.73 Å². The summed E-state index contributed by atoms with van der Waals surface area (Å²) in [5.74, 6) is 0.857. The van der Waals surface area contributed by atoms with E-state index in [0.29, 0.717) is 23.8 Å². The summed E-state index contributed by atoms with van der Waals surface area (Å²) in [6, 6.07) is 0. The van der Waals surface area contributed by atoms with Gasteiger partial charge >= 0.3 is 0 Å². The zero-order valence-corrected chi connectivity index (χ0v) is 10.7. The second kappa shape index (κ2) is 6.65. The maximum absolute atomic E-state index is 5.40. The lowest BCUT2D eigenvalue weighted by Crippen LogP contribution is -2.04. The van der Waals surface area contributed by atoms with Crippen molar-refractivity contribution in [2.45, 2.75) is 19.3 Å². The average molecular weight is 256 g/mol. The third kappa shape index (κ3) is 3.62. The van der Waals surface area contributed by atoms with E-state index < -0.39 is 0 Å². The second-order valence-corrected chi connectivity index (χ2v) is 4.03. The summed E-state index contributed by atoms with van der Waals surface area (Å²) in [5, 5.41) is 16.1. The molecule has 2 rings (SSSR count). The van der Waals surface area contributed by atoms with Gasteiger partial charge in [-0.15, -0.1) is 20.4 Å². The van der Waals surface area contributed by atoms with E-state index in [9.17, 15) is 0 Å². The van der Waals surface area contributed by atoms with Gasteiger partial charge in [0, 0.05) is 11.8 Å². The smallest absolute Gasteiger partial charge is 0.221 e. The molecule has 2 N–H and O–H groups in total. The van der Waals surface area contributed by atoms with Crippen LogP contribution in [0.1, 0.15) is 30.9 Å². The van der Waals surface area contributed by atoms with Crippen LogP contribution in [0.3, 0.4) is 0 Å². The van der Waals surface area contributed by atoms with Crippen molar-refractivity contribution in [2.24, 2.45) is 10.7 Å². The van der Waals surface area contributed by atoms with Crippen LogP contribution in [0.15, 0.2) is 29.8 Å². The first-order chi connectivity index (χ1) is 9.31. The van der Waals surface area contributed by atoms with Crippen LogP contribution in [0.4, 0.5) is 0 Å². The van der Waals surface area contributed by atoms with Gasteiger partial charge in [0.1, 0.15) is 5.70 Å². The van der Waals surface area contributed by atoms with Gasteiger partial charge in [-0.25, -0.2) is 0 Å². The first-order valence-corrected chi connectivity index (χ1v) is 6.17. The SMILES string of the molecule is C=C(/C=C\CCN)c1nnc(C2=CCCC=N2)nn1. The number of hydrogen-bond acceptors (Lipinski definition) is 6.